The average Bonchev–Trinajstić information content (AvgIpc) is 2.97. The van der Waals surface area contributed by atoms with Gasteiger partial charge in [0.1, 0.15) is 21.4 Å². The quantitative estimate of drug-likeness (QED) is 0.535. The normalized spacial score (nSPS) is 10.6. The van der Waals surface area contributed by atoms with E-state index in [1.54, 1.807) is 12.1 Å². The van der Waals surface area contributed by atoms with Gasteiger partial charge in [-0.3, -0.25) is 4.79 Å². The van der Waals surface area contributed by atoms with Crippen LogP contribution in [-0.2, 0) is 6.42 Å². The van der Waals surface area contributed by atoms with Crippen LogP contribution in [-0.4, -0.2) is 16.8 Å². The van der Waals surface area contributed by atoms with Crippen LogP contribution in [0.4, 0.5) is 0 Å². The van der Waals surface area contributed by atoms with Gasteiger partial charge in [-0.05, 0) is 59.9 Å². The molecule has 1 N–H and O–H groups in total. The summed E-state index contributed by atoms with van der Waals surface area (Å²) in [5, 5.41) is 3.81. The second kappa shape index (κ2) is 8.73. The van der Waals surface area contributed by atoms with Crippen molar-refractivity contribution in [2.45, 2.75) is 6.42 Å². The first-order valence-electron chi connectivity index (χ1n) is 7.64. The lowest BCUT2D eigenvalue weighted by molar-refractivity contribution is 0.0958. The van der Waals surface area contributed by atoms with E-state index in [4.69, 9.17) is 39.5 Å². The first kappa shape index (κ1) is 19.0. The minimum absolute atomic E-state index is 0.151. The van der Waals surface area contributed by atoms with Crippen LogP contribution in [0.1, 0.15) is 15.2 Å². The van der Waals surface area contributed by atoms with Crippen LogP contribution in [0.25, 0.3) is 0 Å². The van der Waals surface area contributed by atoms with Gasteiger partial charge in [0.05, 0.1) is 0 Å². The number of aromatic nitrogens is 1. The molecule has 0 fully saturated rings. The first-order valence-corrected chi connectivity index (χ1v) is 9.55. The molecule has 8 heteroatoms. The summed E-state index contributed by atoms with van der Waals surface area (Å²) in [5.41, 5.74) is 1.07. The molecule has 1 amide bonds. The third kappa shape index (κ3) is 4.89. The molecule has 3 rings (SSSR count). The van der Waals surface area contributed by atoms with Gasteiger partial charge < -0.3 is 10.1 Å². The van der Waals surface area contributed by atoms with Crippen molar-refractivity contribution in [2.24, 2.45) is 0 Å². The fourth-order valence-corrected chi connectivity index (χ4v) is 3.42. The number of hydrogen-bond donors (Lipinski definition) is 1. The van der Waals surface area contributed by atoms with E-state index in [9.17, 15) is 4.79 Å². The Kier molecular flexibility index (Phi) is 6.38. The number of benzene rings is 2. The van der Waals surface area contributed by atoms with Crippen molar-refractivity contribution in [1.82, 2.24) is 9.69 Å². The Morgan fingerprint density at radius 2 is 1.62 bits per heavy atom. The van der Waals surface area contributed by atoms with E-state index < -0.39 is 0 Å². The lowest BCUT2D eigenvalue weighted by Crippen LogP contribution is -2.25. The average molecular weight is 428 g/mol. The summed E-state index contributed by atoms with van der Waals surface area (Å²) in [4.78, 5) is 12.4. The first-order chi connectivity index (χ1) is 12.5. The number of ether oxygens (including phenoxy) is 1. The minimum Gasteiger partial charge on any atom is -0.457 e. The summed E-state index contributed by atoms with van der Waals surface area (Å²) >= 11 is 18.5. The molecule has 0 spiro atoms. The highest BCUT2D eigenvalue weighted by Gasteiger charge is 2.16. The Balaban J connectivity index is 1.50. The van der Waals surface area contributed by atoms with Crippen molar-refractivity contribution in [3.63, 3.8) is 0 Å². The maximum Gasteiger partial charge on any atom is 0.264 e. The fourth-order valence-electron chi connectivity index (χ4n) is 2.16. The number of halogens is 3. The van der Waals surface area contributed by atoms with Gasteiger partial charge in [-0.25, -0.2) is 0 Å². The minimum atomic E-state index is -0.276. The lowest BCUT2D eigenvalue weighted by Gasteiger charge is -2.08. The number of carbonyl (C=O) groups is 1. The fraction of sp³-hybridized carbons (Fsp3) is 0.111. The summed E-state index contributed by atoms with van der Waals surface area (Å²) in [5.74, 6) is 1.17. The topological polar surface area (TPSA) is 51.2 Å². The Bertz CT molecular complexity index is 896. The van der Waals surface area contributed by atoms with Crippen molar-refractivity contribution in [3.05, 3.63) is 74.2 Å². The number of carbonyl (C=O) groups excluding carboxylic acids is 1. The van der Waals surface area contributed by atoms with E-state index >= 15 is 0 Å². The molecule has 0 aliphatic carbocycles. The van der Waals surface area contributed by atoms with Crippen LogP contribution >= 0.6 is 46.3 Å². The van der Waals surface area contributed by atoms with Crippen LogP contribution in [0.15, 0.2) is 48.5 Å². The van der Waals surface area contributed by atoms with Crippen molar-refractivity contribution in [3.8, 4) is 11.5 Å². The van der Waals surface area contributed by atoms with Crippen LogP contribution in [0.2, 0.25) is 15.2 Å². The zero-order valence-corrected chi connectivity index (χ0v) is 16.4. The Morgan fingerprint density at radius 1 is 1.00 bits per heavy atom. The highest BCUT2D eigenvalue weighted by atomic mass is 35.5. The van der Waals surface area contributed by atoms with E-state index in [0.717, 1.165) is 28.6 Å². The highest BCUT2D eigenvalue weighted by molar-refractivity contribution is 7.09. The molecule has 1 aromatic heterocycles. The maximum atomic E-state index is 12.0. The zero-order valence-electron chi connectivity index (χ0n) is 13.3. The van der Waals surface area contributed by atoms with Crippen molar-refractivity contribution in [2.75, 3.05) is 6.54 Å². The SMILES string of the molecule is O=C(NCCc1ccc(Oc2ccc(Cl)cc2)cc1)c1snc(Cl)c1Cl. The zero-order chi connectivity index (χ0) is 18.5. The second-order valence-corrected chi connectivity index (χ2v) is 7.27. The third-order valence-electron chi connectivity index (χ3n) is 3.48. The molecule has 1 heterocycles. The summed E-state index contributed by atoms with van der Waals surface area (Å²) in [7, 11) is 0. The van der Waals surface area contributed by atoms with Crippen LogP contribution < -0.4 is 10.1 Å². The monoisotopic (exact) mass is 426 g/mol. The molecule has 0 atom stereocenters. The number of hydrogen-bond acceptors (Lipinski definition) is 4. The van der Waals surface area contributed by atoms with E-state index in [1.165, 1.54) is 0 Å². The van der Waals surface area contributed by atoms with E-state index in [0.29, 0.717) is 22.9 Å². The van der Waals surface area contributed by atoms with E-state index in [2.05, 4.69) is 9.69 Å². The highest BCUT2D eigenvalue weighted by Crippen LogP contribution is 2.28. The number of nitrogens with zero attached hydrogens (tertiary/aromatic N) is 1. The number of amides is 1. The van der Waals surface area contributed by atoms with Gasteiger partial charge in [0.25, 0.3) is 5.91 Å². The Morgan fingerprint density at radius 3 is 2.19 bits per heavy atom. The Hall–Kier alpha value is -1.79. The van der Waals surface area contributed by atoms with Crippen LogP contribution in [0.5, 0.6) is 11.5 Å². The molecule has 2 aromatic carbocycles. The molecule has 4 nitrogen and oxygen atoms in total. The molecule has 26 heavy (non-hydrogen) atoms. The number of rotatable bonds is 6. The van der Waals surface area contributed by atoms with E-state index in [-0.39, 0.29) is 16.1 Å². The molecule has 0 radical (unpaired) electrons. The molecule has 134 valence electrons. The summed E-state index contributed by atoms with van der Waals surface area (Å²) in [6.07, 6.45) is 0.678. The van der Waals surface area contributed by atoms with Gasteiger partial charge in [0, 0.05) is 11.6 Å². The van der Waals surface area contributed by atoms with Crippen LogP contribution in [0, 0.1) is 0 Å². The summed E-state index contributed by atoms with van der Waals surface area (Å²) < 4.78 is 9.59. The van der Waals surface area contributed by atoms with Gasteiger partial charge in [-0.2, -0.15) is 4.37 Å². The molecule has 0 saturated carbocycles. The van der Waals surface area contributed by atoms with E-state index in [1.807, 2.05) is 36.4 Å². The molecular formula is C18H13Cl3N2O2S. The van der Waals surface area contributed by atoms with Crippen molar-refractivity contribution >= 4 is 52.2 Å². The van der Waals surface area contributed by atoms with Gasteiger partial charge >= 0.3 is 0 Å². The maximum absolute atomic E-state index is 12.0. The van der Waals surface area contributed by atoms with Crippen molar-refractivity contribution in [1.29, 1.82) is 0 Å². The predicted octanol–water partition coefficient (Wildman–Crippen LogP) is 5.87. The molecule has 3 aromatic rings. The van der Waals surface area contributed by atoms with Gasteiger partial charge in [0.15, 0.2) is 5.15 Å². The molecule has 0 aliphatic rings. The molecular weight excluding hydrogens is 415 g/mol. The summed E-state index contributed by atoms with van der Waals surface area (Å²) in [6, 6.07) is 14.8. The largest absolute Gasteiger partial charge is 0.457 e. The summed E-state index contributed by atoms with van der Waals surface area (Å²) in [6.45, 7) is 0.474. The molecule has 0 unspecified atom stereocenters. The molecule has 0 aliphatic heterocycles. The third-order valence-corrected chi connectivity index (χ3v) is 5.52. The molecule has 0 bridgehead atoms. The second-order valence-electron chi connectivity index (χ2n) is 5.32. The Labute approximate surface area is 169 Å². The molecule has 0 saturated heterocycles. The number of nitrogens with one attached hydrogen (secondary N) is 1. The van der Waals surface area contributed by atoms with Gasteiger partial charge in [-0.15, -0.1) is 0 Å². The smallest absolute Gasteiger partial charge is 0.264 e. The predicted molar refractivity (Wildman–Crippen MR) is 106 cm³/mol. The lowest BCUT2D eigenvalue weighted by atomic mass is 10.1. The van der Waals surface area contributed by atoms with Gasteiger partial charge in [0.2, 0.25) is 0 Å². The standard InChI is InChI=1S/C18H13Cl3N2O2S/c19-12-3-7-14(8-4-12)25-13-5-1-11(2-6-13)9-10-22-18(24)16-15(20)17(21)23-26-16/h1-8H,9-10H2,(H,22,24). The van der Waals surface area contributed by atoms with Crippen LogP contribution in [0.3, 0.4) is 0 Å². The van der Waals surface area contributed by atoms with Gasteiger partial charge in [-0.1, -0.05) is 46.9 Å². The van der Waals surface area contributed by atoms with Crippen molar-refractivity contribution < 1.29 is 9.53 Å².